The van der Waals surface area contributed by atoms with E-state index in [0.717, 1.165) is 24.2 Å². The minimum absolute atomic E-state index is 0.188. The highest BCUT2D eigenvalue weighted by Gasteiger charge is 2.56. The van der Waals surface area contributed by atoms with Crippen LogP contribution in [0.5, 0.6) is 0 Å². The molecular weight excluding hydrogens is 316 g/mol. The van der Waals surface area contributed by atoms with Crippen molar-refractivity contribution in [3.05, 3.63) is 35.9 Å². The van der Waals surface area contributed by atoms with Gasteiger partial charge in [0.25, 0.3) is 5.91 Å². The van der Waals surface area contributed by atoms with E-state index >= 15 is 0 Å². The Morgan fingerprint density at radius 1 is 1.16 bits per heavy atom. The van der Waals surface area contributed by atoms with Gasteiger partial charge in [0.15, 0.2) is 5.78 Å². The van der Waals surface area contributed by atoms with Crippen LogP contribution in [0.3, 0.4) is 0 Å². The molecule has 5 rings (SSSR count). The predicted octanol–water partition coefficient (Wildman–Crippen LogP) is 3.01. The molecule has 132 valence electrons. The van der Waals surface area contributed by atoms with Gasteiger partial charge in [0, 0.05) is 5.56 Å². The zero-order valence-corrected chi connectivity index (χ0v) is 14.5. The van der Waals surface area contributed by atoms with E-state index in [9.17, 15) is 14.4 Å². The Balaban J connectivity index is 1.53. The molecule has 1 saturated heterocycles. The number of hydrogen-bond acceptors (Lipinski definition) is 3. The van der Waals surface area contributed by atoms with Gasteiger partial charge in [0.1, 0.15) is 5.54 Å². The van der Waals surface area contributed by atoms with E-state index < -0.39 is 11.6 Å². The van der Waals surface area contributed by atoms with Gasteiger partial charge in [0.2, 0.25) is 0 Å². The van der Waals surface area contributed by atoms with Gasteiger partial charge in [-0.2, -0.15) is 0 Å². The number of ketones is 1. The Labute approximate surface area is 147 Å². The number of carbonyl (C=O) groups excluding carboxylic acids is 3. The molecule has 3 aliphatic carbocycles. The van der Waals surface area contributed by atoms with Gasteiger partial charge in [0.05, 0.1) is 6.54 Å². The number of imide groups is 1. The molecule has 0 spiro atoms. The van der Waals surface area contributed by atoms with E-state index in [1.165, 1.54) is 12.8 Å². The van der Waals surface area contributed by atoms with Crippen molar-refractivity contribution in [3.8, 4) is 0 Å². The molecule has 2 bridgehead atoms. The highest BCUT2D eigenvalue weighted by atomic mass is 16.2. The molecular formula is C20H24N2O3. The summed E-state index contributed by atoms with van der Waals surface area (Å²) in [4.78, 5) is 39.1. The van der Waals surface area contributed by atoms with Crippen LogP contribution in [0.4, 0.5) is 4.79 Å². The maximum absolute atomic E-state index is 13.1. The molecule has 5 nitrogen and oxygen atoms in total. The Morgan fingerprint density at radius 2 is 1.84 bits per heavy atom. The first kappa shape index (κ1) is 16.3. The smallest absolute Gasteiger partial charge is 0.323 e. The van der Waals surface area contributed by atoms with Gasteiger partial charge < -0.3 is 5.32 Å². The average molecular weight is 340 g/mol. The van der Waals surface area contributed by atoms with Crippen LogP contribution in [0, 0.1) is 17.8 Å². The van der Waals surface area contributed by atoms with Crippen LogP contribution in [0.1, 0.15) is 49.4 Å². The van der Waals surface area contributed by atoms with E-state index in [1.807, 2.05) is 13.0 Å². The second kappa shape index (κ2) is 5.97. The average Bonchev–Trinajstić information content (AvgIpc) is 2.87. The molecule has 0 radical (unpaired) electrons. The highest BCUT2D eigenvalue weighted by molar-refractivity contribution is 6.11. The van der Waals surface area contributed by atoms with Crippen molar-refractivity contribution in [1.82, 2.24) is 10.2 Å². The van der Waals surface area contributed by atoms with Crippen molar-refractivity contribution in [1.29, 1.82) is 0 Å². The molecule has 3 saturated carbocycles. The molecule has 1 aromatic rings. The molecule has 0 aromatic heterocycles. The van der Waals surface area contributed by atoms with Crippen molar-refractivity contribution < 1.29 is 14.4 Å². The van der Waals surface area contributed by atoms with Crippen LogP contribution in [0.15, 0.2) is 30.3 Å². The summed E-state index contributed by atoms with van der Waals surface area (Å²) in [6.07, 6.45) is 5.80. The second-order valence-corrected chi connectivity index (χ2v) is 7.94. The van der Waals surface area contributed by atoms with Gasteiger partial charge in [-0.25, -0.2) is 4.79 Å². The SMILES string of the molecule is CC1([C@H]2C[C@H]3CC[C@H]2CC3)NC(=O)N(CC(=O)c2ccccc2)C1=O. The predicted molar refractivity (Wildman–Crippen MR) is 93.0 cm³/mol. The minimum atomic E-state index is -0.863. The number of nitrogens with one attached hydrogen (secondary N) is 1. The zero-order chi connectivity index (χ0) is 17.6. The molecule has 1 heterocycles. The van der Waals surface area contributed by atoms with Gasteiger partial charge in [-0.3, -0.25) is 14.5 Å². The lowest BCUT2D eigenvalue weighted by Gasteiger charge is -2.48. The Bertz CT molecular complexity index is 709. The number of urea groups is 1. The van der Waals surface area contributed by atoms with Crippen LogP contribution < -0.4 is 5.32 Å². The quantitative estimate of drug-likeness (QED) is 0.677. The molecule has 1 aliphatic heterocycles. The molecule has 25 heavy (non-hydrogen) atoms. The Morgan fingerprint density at radius 3 is 2.44 bits per heavy atom. The van der Waals surface area contributed by atoms with Gasteiger partial charge in [-0.15, -0.1) is 0 Å². The summed E-state index contributed by atoms with van der Waals surface area (Å²) in [6.45, 7) is 1.66. The molecule has 3 amide bonds. The molecule has 1 aromatic carbocycles. The molecule has 4 aliphatic rings. The number of hydrogen-bond donors (Lipinski definition) is 1. The summed E-state index contributed by atoms with van der Waals surface area (Å²) in [5, 5.41) is 2.93. The standard InChI is InChI=1S/C20H24N2O3/c1-20(16-11-13-7-9-14(16)10-8-13)18(24)22(19(25)21-20)12-17(23)15-5-3-2-4-6-15/h2-6,13-14,16H,7-12H2,1H3,(H,21,25)/t13-,14-,16-,20?/m0/s1. The van der Waals surface area contributed by atoms with E-state index in [0.29, 0.717) is 17.4 Å². The fourth-order valence-corrected chi connectivity index (χ4v) is 5.05. The van der Waals surface area contributed by atoms with Crippen molar-refractivity contribution in [2.24, 2.45) is 17.8 Å². The Hall–Kier alpha value is -2.17. The summed E-state index contributed by atoms with van der Waals surface area (Å²) in [7, 11) is 0. The third-order valence-corrected chi connectivity index (χ3v) is 6.49. The topological polar surface area (TPSA) is 66.5 Å². The third kappa shape index (κ3) is 2.66. The molecule has 1 N–H and O–H groups in total. The number of fused-ring (bicyclic) bond motifs is 3. The van der Waals surface area contributed by atoms with Gasteiger partial charge >= 0.3 is 6.03 Å². The summed E-state index contributed by atoms with van der Waals surface area (Å²) < 4.78 is 0. The summed E-state index contributed by atoms with van der Waals surface area (Å²) in [5.41, 5.74) is -0.342. The van der Waals surface area contributed by atoms with E-state index in [2.05, 4.69) is 5.32 Å². The van der Waals surface area contributed by atoms with E-state index in [4.69, 9.17) is 0 Å². The highest BCUT2D eigenvalue weighted by Crippen LogP contribution is 2.50. The first-order valence-corrected chi connectivity index (χ1v) is 9.21. The molecule has 1 unspecified atom stereocenters. The number of rotatable bonds is 4. The van der Waals surface area contributed by atoms with Crippen LogP contribution in [-0.2, 0) is 4.79 Å². The first-order chi connectivity index (χ1) is 12.0. The number of carbonyl (C=O) groups is 3. The van der Waals surface area contributed by atoms with Gasteiger partial charge in [-0.1, -0.05) is 43.2 Å². The molecule has 5 heteroatoms. The van der Waals surface area contributed by atoms with Crippen molar-refractivity contribution in [2.75, 3.05) is 6.54 Å². The van der Waals surface area contributed by atoms with Crippen molar-refractivity contribution >= 4 is 17.7 Å². The third-order valence-electron chi connectivity index (χ3n) is 6.49. The summed E-state index contributed by atoms with van der Waals surface area (Å²) >= 11 is 0. The maximum Gasteiger partial charge on any atom is 0.325 e. The van der Waals surface area contributed by atoms with E-state index in [-0.39, 0.29) is 24.2 Å². The zero-order valence-electron chi connectivity index (χ0n) is 14.5. The van der Waals surface area contributed by atoms with Crippen molar-refractivity contribution in [2.45, 2.75) is 44.6 Å². The van der Waals surface area contributed by atoms with Crippen LogP contribution >= 0.6 is 0 Å². The lowest BCUT2D eigenvalue weighted by atomic mass is 9.59. The van der Waals surface area contributed by atoms with Crippen LogP contribution in [-0.4, -0.2) is 34.7 Å². The largest absolute Gasteiger partial charge is 0.325 e. The fourth-order valence-electron chi connectivity index (χ4n) is 5.05. The van der Waals surface area contributed by atoms with Crippen molar-refractivity contribution in [3.63, 3.8) is 0 Å². The van der Waals surface area contributed by atoms with Crippen LogP contribution in [0.2, 0.25) is 0 Å². The second-order valence-electron chi connectivity index (χ2n) is 7.94. The lowest BCUT2D eigenvalue weighted by molar-refractivity contribution is -0.134. The van der Waals surface area contributed by atoms with Crippen LogP contribution in [0.25, 0.3) is 0 Å². The normalized spacial score (nSPS) is 34.3. The summed E-state index contributed by atoms with van der Waals surface area (Å²) in [6, 6.07) is 8.38. The number of amides is 3. The monoisotopic (exact) mass is 340 g/mol. The summed E-state index contributed by atoms with van der Waals surface area (Å²) in [5.74, 6) is 0.923. The fraction of sp³-hybridized carbons (Fsp3) is 0.550. The maximum atomic E-state index is 13.1. The van der Waals surface area contributed by atoms with E-state index in [1.54, 1.807) is 24.3 Å². The first-order valence-electron chi connectivity index (χ1n) is 9.21. The number of benzene rings is 1. The number of nitrogens with zero attached hydrogens (tertiary/aromatic N) is 1. The molecule has 2 atom stereocenters. The van der Waals surface area contributed by atoms with Gasteiger partial charge in [-0.05, 0) is 43.9 Å². The minimum Gasteiger partial charge on any atom is -0.323 e. The number of Topliss-reactive ketones (excluding diaryl/α,β-unsaturated/α-hetero) is 1. The lowest BCUT2D eigenvalue weighted by Crippen LogP contribution is -2.56. The molecule has 4 fully saturated rings. The Kier molecular flexibility index (Phi) is 3.89.